The number of nitrogens with zero attached hydrogens (tertiary/aromatic N) is 3. The summed E-state index contributed by atoms with van der Waals surface area (Å²) in [5.41, 5.74) is 6.74. The number of anilines is 2. The van der Waals surface area contributed by atoms with Crippen molar-refractivity contribution in [3.8, 4) is 0 Å². The number of aliphatic hydroxyl groups is 2. The normalized spacial score (nSPS) is 11.8. The Hall–Kier alpha value is -3.74. The van der Waals surface area contributed by atoms with Crippen molar-refractivity contribution >= 4 is 51.6 Å². The Morgan fingerprint density at radius 2 is 1.97 bits per heavy atom. The Morgan fingerprint density at radius 3 is 2.68 bits per heavy atom. The lowest BCUT2D eigenvalue weighted by Crippen LogP contribution is -2.51. The Labute approximate surface area is 217 Å². The number of aromatic amines is 1. The summed E-state index contributed by atoms with van der Waals surface area (Å²) in [6.07, 6.45) is 0.152. The third-order valence-corrected chi connectivity index (χ3v) is 5.98. The maximum atomic E-state index is 14.7. The van der Waals surface area contributed by atoms with E-state index in [-0.39, 0.29) is 36.0 Å². The number of nitrogen functional groups attached to an aromatic ring is 1. The minimum Gasteiger partial charge on any atom is -0.399 e. The number of hydrogen-bond acceptors (Lipinski definition) is 7. The fourth-order valence-corrected chi connectivity index (χ4v) is 3.84. The van der Waals surface area contributed by atoms with Crippen LogP contribution in [0.15, 0.2) is 36.4 Å². The molecule has 0 fully saturated rings. The summed E-state index contributed by atoms with van der Waals surface area (Å²) in [6, 6.07) is 8.27. The molecular formula is C24H28ClFN6O5. The number of nitrogens with one attached hydrogen (secondary N) is 2. The number of hydrogen-bond donors (Lipinski definition) is 5. The highest BCUT2D eigenvalue weighted by molar-refractivity contribution is 6.31. The molecule has 0 aliphatic carbocycles. The lowest BCUT2D eigenvalue weighted by atomic mass is 10.2. The van der Waals surface area contributed by atoms with Crippen LogP contribution in [-0.2, 0) is 9.59 Å². The van der Waals surface area contributed by atoms with Gasteiger partial charge in [0.25, 0.3) is 5.91 Å². The molecule has 0 saturated carbocycles. The first-order valence-electron chi connectivity index (χ1n) is 11.4. The Kier molecular flexibility index (Phi) is 9.39. The third kappa shape index (κ3) is 6.53. The number of amides is 3. The zero-order valence-corrected chi connectivity index (χ0v) is 20.8. The van der Waals surface area contributed by atoms with E-state index in [1.54, 1.807) is 18.2 Å². The van der Waals surface area contributed by atoms with Crippen molar-refractivity contribution in [2.24, 2.45) is 0 Å². The molecule has 0 radical (unpaired) electrons. The van der Waals surface area contributed by atoms with Gasteiger partial charge in [-0.15, -0.1) is 0 Å². The first-order chi connectivity index (χ1) is 17.7. The molecule has 11 nitrogen and oxygen atoms in total. The maximum Gasteiger partial charge on any atom is 0.272 e. The number of aliphatic hydroxyl groups excluding tert-OH is 2. The lowest BCUT2D eigenvalue weighted by molar-refractivity contribution is -0.137. The number of halogens is 2. The van der Waals surface area contributed by atoms with Gasteiger partial charge >= 0.3 is 0 Å². The lowest BCUT2D eigenvalue weighted by Gasteiger charge is -2.31. The molecule has 1 heterocycles. The summed E-state index contributed by atoms with van der Waals surface area (Å²) in [5.74, 6) is -2.78. The summed E-state index contributed by atoms with van der Waals surface area (Å²) in [6.45, 7) is -0.228. The fraction of sp³-hybridized carbons (Fsp3) is 0.333. The second kappa shape index (κ2) is 12.5. The molecule has 3 aromatic rings. The van der Waals surface area contributed by atoms with E-state index in [0.717, 1.165) is 9.80 Å². The molecule has 1 aromatic heterocycles. The van der Waals surface area contributed by atoms with Gasteiger partial charge in [-0.1, -0.05) is 17.7 Å². The topological polar surface area (TPSA) is 165 Å². The van der Waals surface area contributed by atoms with Crippen molar-refractivity contribution in [1.82, 2.24) is 20.4 Å². The summed E-state index contributed by atoms with van der Waals surface area (Å²) in [7, 11) is 0. The van der Waals surface area contributed by atoms with Crippen LogP contribution >= 0.6 is 11.6 Å². The average Bonchev–Trinajstić information content (AvgIpc) is 3.30. The monoisotopic (exact) mass is 534 g/mol. The third-order valence-electron chi connectivity index (χ3n) is 5.69. The Morgan fingerprint density at radius 1 is 1.22 bits per heavy atom. The molecule has 0 bridgehead atoms. The minimum absolute atomic E-state index is 0.0335. The van der Waals surface area contributed by atoms with Crippen molar-refractivity contribution < 1.29 is 29.0 Å². The predicted octanol–water partition coefficient (Wildman–Crippen LogP) is 1.29. The number of rotatable bonds is 11. The molecule has 0 aliphatic heterocycles. The highest BCUT2D eigenvalue weighted by Crippen LogP contribution is 2.26. The van der Waals surface area contributed by atoms with Crippen molar-refractivity contribution in [3.05, 3.63) is 52.9 Å². The van der Waals surface area contributed by atoms with E-state index < -0.39 is 49.3 Å². The molecule has 0 unspecified atom stereocenters. The number of carbonyl (C=O) groups is 3. The van der Waals surface area contributed by atoms with Crippen LogP contribution in [0.4, 0.5) is 15.8 Å². The van der Waals surface area contributed by atoms with Gasteiger partial charge in [-0.2, -0.15) is 5.10 Å². The first kappa shape index (κ1) is 27.8. The van der Waals surface area contributed by atoms with E-state index in [4.69, 9.17) is 17.3 Å². The van der Waals surface area contributed by atoms with E-state index >= 15 is 0 Å². The summed E-state index contributed by atoms with van der Waals surface area (Å²) in [4.78, 5) is 41.1. The van der Waals surface area contributed by atoms with Gasteiger partial charge in [0, 0.05) is 24.2 Å². The van der Waals surface area contributed by atoms with E-state index in [0.29, 0.717) is 16.6 Å². The fourth-order valence-electron chi connectivity index (χ4n) is 3.67. The summed E-state index contributed by atoms with van der Waals surface area (Å²) >= 11 is 5.87. The van der Waals surface area contributed by atoms with Crippen LogP contribution in [0, 0.1) is 5.82 Å². The largest absolute Gasteiger partial charge is 0.399 e. The van der Waals surface area contributed by atoms with Crippen molar-refractivity contribution in [2.75, 3.05) is 43.5 Å². The van der Waals surface area contributed by atoms with E-state index in [1.807, 2.05) is 0 Å². The average molecular weight is 535 g/mol. The SMILES string of the molecule is C[C@H](CO)N(CC(=O)N(CCCO)c1cccc(Cl)c1F)C(=O)CNC(=O)c1n[nH]c2ccc(N)cc12. The Balaban J connectivity index is 1.75. The van der Waals surface area contributed by atoms with Crippen LogP contribution in [0.3, 0.4) is 0 Å². The maximum absolute atomic E-state index is 14.7. The quantitative estimate of drug-likeness (QED) is 0.231. The van der Waals surface area contributed by atoms with Gasteiger partial charge in [0.05, 0.1) is 35.4 Å². The molecule has 198 valence electrons. The van der Waals surface area contributed by atoms with Crippen molar-refractivity contribution in [2.45, 2.75) is 19.4 Å². The van der Waals surface area contributed by atoms with Gasteiger partial charge in [0.1, 0.15) is 6.54 Å². The van der Waals surface area contributed by atoms with Gasteiger partial charge in [0.15, 0.2) is 11.5 Å². The molecular weight excluding hydrogens is 507 g/mol. The van der Waals surface area contributed by atoms with Crippen molar-refractivity contribution in [1.29, 1.82) is 0 Å². The van der Waals surface area contributed by atoms with Crippen LogP contribution in [0.2, 0.25) is 5.02 Å². The second-order valence-electron chi connectivity index (χ2n) is 8.31. The first-order valence-corrected chi connectivity index (χ1v) is 11.8. The smallest absolute Gasteiger partial charge is 0.272 e. The van der Waals surface area contributed by atoms with Crippen LogP contribution < -0.4 is 16.0 Å². The molecule has 0 spiro atoms. The van der Waals surface area contributed by atoms with E-state index in [2.05, 4.69) is 15.5 Å². The number of aromatic nitrogens is 2. The van der Waals surface area contributed by atoms with Crippen molar-refractivity contribution in [3.63, 3.8) is 0 Å². The predicted molar refractivity (Wildman–Crippen MR) is 137 cm³/mol. The Bertz CT molecular complexity index is 1290. The molecule has 6 N–H and O–H groups in total. The number of H-pyrrole nitrogens is 1. The molecule has 13 heteroatoms. The molecule has 2 aromatic carbocycles. The molecule has 0 aliphatic rings. The van der Waals surface area contributed by atoms with E-state index in [1.165, 1.54) is 25.1 Å². The molecule has 3 rings (SSSR count). The molecule has 3 amide bonds. The zero-order chi connectivity index (χ0) is 27.1. The number of benzene rings is 2. The van der Waals surface area contributed by atoms with Gasteiger partial charge in [-0.25, -0.2) is 4.39 Å². The second-order valence-corrected chi connectivity index (χ2v) is 8.72. The zero-order valence-electron chi connectivity index (χ0n) is 20.1. The van der Waals surface area contributed by atoms with Gasteiger partial charge in [0.2, 0.25) is 11.8 Å². The van der Waals surface area contributed by atoms with Crippen LogP contribution in [0.1, 0.15) is 23.8 Å². The highest BCUT2D eigenvalue weighted by atomic mass is 35.5. The number of nitrogens with two attached hydrogens (primary N) is 1. The minimum atomic E-state index is -0.817. The summed E-state index contributed by atoms with van der Waals surface area (Å²) < 4.78 is 14.7. The van der Waals surface area contributed by atoms with Gasteiger partial charge in [-0.05, 0) is 43.7 Å². The summed E-state index contributed by atoms with van der Waals surface area (Å²) in [5, 5.41) is 28.4. The molecule has 37 heavy (non-hydrogen) atoms. The number of carbonyl (C=O) groups excluding carboxylic acids is 3. The van der Waals surface area contributed by atoms with Gasteiger partial charge < -0.3 is 31.1 Å². The number of fused-ring (bicyclic) bond motifs is 1. The van der Waals surface area contributed by atoms with Gasteiger partial charge in [-0.3, -0.25) is 19.5 Å². The van der Waals surface area contributed by atoms with Crippen LogP contribution in [-0.4, -0.2) is 81.9 Å². The highest BCUT2D eigenvalue weighted by Gasteiger charge is 2.28. The van der Waals surface area contributed by atoms with Crippen LogP contribution in [0.5, 0.6) is 0 Å². The molecule has 1 atom stereocenters. The van der Waals surface area contributed by atoms with Crippen LogP contribution in [0.25, 0.3) is 10.9 Å². The standard InChI is InChI=1S/C24H28ClFN6O5/c1-14(13-34)32(12-21(36)31(8-3-9-33)19-5-2-4-17(25)22(19)26)20(35)11-28-24(37)23-16-10-15(27)6-7-18(16)29-30-23/h2,4-7,10,14,33-34H,3,8-9,11-13,27H2,1H3,(H,28,37)(H,29,30)/t14-/m1/s1. The molecule has 0 saturated heterocycles. The van der Waals surface area contributed by atoms with E-state index in [9.17, 15) is 29.0 Å².